The van der Waals surface area contributed by atoms with E-state index < -0.39 is 23.1 Å². The number of carbonyl (C=O) groups excluding carboxylic acids is 4. The van der Waals surface area contributed by atoms with Gasteiger partial charge in [-0.15, -0.1) is 0 Å². The van der Waals surface area contributed by atoms with Gasteiger partial charge in [-0.3, -0.25) is 20.2 Å². The zero-order valence-corrected chi connectivity index (χ0v) is 11.9. The fourth-order valence-corrected chi connectivity index (χ4v) is 2.35. The average molecular weight is 282 g/mol. The van der Waals surface area contributed by atoms with Crippen molar-refractivity contribution < 1.29 is 19.2 Å². The molecule has 0 saturated carbocycles. The van der Waals surface area contributed by atoms with Crippen molar-refractivity contribution in [1.82, 2.24) is 20.4 Å². The molecule has 2 rings (SSSR count). The molecule has 2 aliphatic heterocycles. The lowest BCUT2D eigenvalue weighted by molar-refractivity contribution is -0.126. The Bertz CT molecular complexity index is 466. The van der Waals surface area contributed by atoms with Gasteiger partial charge >= 0.3 is 12.1 Å². The Hall–Kier alpha value is -2.12. The van der Waals surface area contributed by atoms with Crippen LogP contribution >= 0.6 is 0 Å². The zero-order chi connectivity index (χ0) is 15.3. The minimum Gasteiger partial charge on any atom is -0.309 e. The number of amides is 6. The van der Waals surface area contributed by atoms with E-state index in [-0.39, 0.29) is 24.9 Å². The zero-order valence-electron chi connectivity index (χ0n) is 11.9. The van der Waals surface area contributed by atoms with E-state index in [1.807, 2.05) is 0 Å². The molecule has 8 heteroatoms. The summed E-state index contributed by atoms with van der Waals surface area (Å²) >= 11 is 0. The molecule has 6 amide bonds. The highest BCUT2D eigenvalue weighted by Gasteiger charge is 2.48. The summed E-state index contributed by atoms with van der Waals surface area (Å²) in [5, 5.41) is 4.47. The minimum atomic E-state index is -0.957. The smallest absolute Gasteiger partial charge is 0.309 e. The van der Waals surface area contributed by atoms with Crippen molar-refractivity contribution in [1.29, 1.82) is 0 Å². The fraction of sp³-hybridized carbons (Fsp3) is 0.667. The molecule has 0 aromatic rings. The van der Waals surface area contributed by atoms with Crippen LogP contribution in [0.25, 0.3) is 0 Å². The number of imide groups is 2. The Balaban J connectivity index is 2.10. The molecule has 20 heavy (non-hydrogen) atoms. The van der Waals surface area contributed by atoms with E-state index in [9.17, 15) is 19.2 Å². The lowest BCUT2D eigenvalue weighted by Crippen LogP contribution is -2.51. The third-order valence-corrected chi connectivity index (χ3v) is 3.94. The van der Waals surface area contributed by atoms with E-state index in [1.54, 1.807) is 27.7 Å². The second kappa shape index (κ2) is 4.19. The topological polar surface area (TPSA) is 98.8 Å². The average Bonchev–Trinajstić information content (AvgIpc) is 2.61. The maximum Gasteiger partial charge on any atom is 0.325 e. The molecule has 0 aliphatic carbocycles. The first kappa shape index (κ1) is 14.3. The molecule has 2 N–H and O–H groups in total. The van der Waals surface area contributed by atoms with Gasteiger partial charge in [0.1, 0.15) is 11.1 Å². The van der Waals surface area contributed by atoms with Gasteiger partial charge in [0.2, 0.25) is 0 Å². The second-order valence-corrected chi connectivity index (χ2v) is 5.94. The number of nitrogens with one attached hydrogen (secondary N) is 2. The summed E-state index contributed by atoms with van der Waals surface area (Å²) in [6, 6.07) is -0.965. The summed E-state index contributed by atoms with van der Waals surface area (Å²) in [7, 11) is 0. The maximum atomic E-state index is 11.7. The van der Waals surface area contributed by atoms with Crippen LogP contribution in [0.1, 0.15) is 27.7 Å². The van der Waals surface area contributed by atoms with Gasteiger partial charge in [0, 0.05) is 13.1 Å². The molecule has 2 heterocycles. The first-order valence-corrected chi connectivity index (χ1v) is 6.34. The quantitative estimate of drug-likeness (QED) is 0.691. The second-order valence-electron chi connectivity index (χ2n) is 5.94. The van der Waals surface area contributed by atoms with Crippen LogP contribution in [0, 0.1) is 0 Å². The van der Waals surface area contributed by atoms with Gasteiger partial charge in [0.25, 0.3) is 11.8 Å². The molecule has 110 valence electrons. The van der Waals surface area contributed by atoms with Crippen LogP contribution in [0.3, 0.4) is 0 Å². The normalized spacial score (nSPS) is 24.2. The van der Waals surface area contributed by atoms with E-state index in [1.165, 1.54) is 9.80 Å². The lowest BCUT2D eigenvalue weighted by atomic mass is 10.0. The van der Waals surface area contributed by atoms with Crippen LogP contribution in [0.15, 0.2) is 0 Å². The molecule has 2 aliphatic rings. The Morgan fingerprint density at radius 2 is 1.05 bits per heavy atom. The first-order chi connectivity index (χ1) is 9.08. The van der Waals surface area contributed by atoms with E-state index in [0.717, 1.165) is 0 Å². The number of nitrogens with zero attached hydrogens (tertiary/aromatic N) is 2. The Morgan fingerprint density at radius 1 is 0.750 bits per heavy atom. The van der Waals surface area contributed by atoms with Crippen molar-refractivity contribution in [2.45, 2.75) is 38.8 Å². The number of hydrogen-bond donors (Lipinski definition) is 2. The van der Waals surface area contributed by atoms with Gasteiger partial charge < -0.3 is 9.80 Å². The molecule has 0 unspecified atom stereocenters. The molecule has 2 saturated heterocycles. The van der Waals surface area contributed by atoms with E-state index in [4.69, 9.17) is 0 Å². The highest BCUT2D eigenvalue weighted by atomic mass is 16.2. The first-order valence-electron chi connectivity index (χ1n) is 6.34. The van der Waals surface area contributed by atoms with E-state index >= 15 is 0 Å². The largest absolute Gasteiger partial charge is 0.325 e. The standard InChI is InChI=1S/C12H18N4O4/c1-11(2)7(17)13-9(19)15(11)5-6-16-10(20)14-8(18)12(16,3)4/h5-6H2,1-4H3,(H,13,17,19)(H,14,18,20). The summed E-state index contributed by atoms with van der Waals surface area (Å²) in [5.74, 6) is -0.743. The van der Waals surface area contributed by atoms with Crippen LogP contribution in [0.5, 0.6) is 0 Å². The fourth-order valence-electron chi connectivity index (χ4n) is 2.35. The molecule has 0 spiro atoms. The van der Waals surface area contributed by atoms with Gasteiger partial charge in [-0.1, -0.05) is 0 Å². The molecule has 0 aromatic carbocycles. The summed E-state index contributed by atoms with van der Waals surface area (Å²) in [5.41, 5.74) is -1.91. The Kier molecular flexibility index (Phi) is 2.99. The number of carbonyl (C=O) groups is 4. The van der Waals surface area contributed by atoms with Crippen LogP contribution in [-0.4, -0.2) is 57.8 Å². The van der Waals surface area contributed by atoms with Gasteiger partial charge in [0.05, 0.1) is 0 Å². The molecule has 2 fully saturated rings. The monoisotopic (exact) mass is 282 g/mol. The molecule has 0 radical (unpaired) electrons. The van der Waals surface area contributed by atoms with Gasteiger partial charge in [-0.05, 0) is 27.7 Å². The predicted molar refractivity (Wildman–Crippen MR) is 68.6 cm³/mol. The number of hydrogen-bond acceptors (Lipinski definition) is 4. The summed E-state index contributed by atoms with van der Waals surface area (Å²) in [6.07, 6.45) is 0. The van der Waals surface area contributed by atoms with Crippen molar-refractivity contribution in [2.24, 2.45) is 0 Å². The minimum absolute atomic E-state index is 0.175. The van der Waals surface area contributed by atoms with Crippen molar-refractivity contribution in [2.75, 3.05) is 13.1 Å². The van der Waals surface area contributed by atoms with Crippen LogP contribution in [0.4, 0.5) is 9.59 Å². The Morgan fingerprint density at radius 3 is 1.25 bits per heavy atom. The van der Waals surface area contributed by atoms with Gasteiger partial charge in [-0.2, -0.15) is 0 Å². The molecule has 0 bridgehead atoms. The summed E-state index contributed by atoms with van der Waals surface area (Å²) in [4.78, 5) is 49.4. The van der Waals surface area contributed by atoms with Crippen molar-refractivity contribution in [3.8, 4) is 0 Å². The van der Waals surface area contributed by atoms with E-state index in [2.05, 4.69) is 10.6 Å². The van der Waals surface area contributed by atoms with Crippen LogP contribution in [-0.2, 0) is 9.59 Å². The molecular formula is C12H18N4O4. The van der Waals surface area contributed by atoms with Crippen molar-refractivity contribution in [3.63, 3.8) is 0 Å². The molecule has 0 atom stereocenters. The number of rotatable bonds is 3. The van der Waals surface area contributed by atoms with Crippen molar-refractivity contribution >= 4 is 23.9 Å². The third-order valence-electron chi connectivity index (χ3n) is 3.94. The van der Waals surface area contributed by atoms with Crippen LogP contribution in [0.2, 0.25) is 0 Å². The van der Waals surface area contributed by atoms with Crippen LogP contribution < -0.4 is 10.6 Å². The van der Waals surface area contributed by atoms with Gasteiger partial charge in [0.15, 0.2) is 0 Å². The van der Waals surface area contributed by atoms with Crippen molar-refractivity contribution in [3.05, 3.63) is 0 Å². The number of urea groups is 2. The highest BCUT2D eigenvalue weighted by Crippen LogP contribution is 2.24. The van der Waals surface area contributed by atoms with Gasteiger partial charge in [-0.25, -0.2) is 9.59 Å². The lowest BCUT2D eigenvalue weighted by Gasteiger charge is -2.33. The third kappa shape index (κ3) is 1.91. The SMILES string of the molecule is CC1(C)C(=O)NC(=O)N1CCN1C(=O)NC(=O)C1(C)C. The molecule has 0 aromatic heterocycles. The summed E-state index contributed by atoms with van der Waals surface area (Å²) in [6.45, 7) is 6.88. The predicted octanol–water partition coefficient (Wildman–Crippen LogP) is -0.353. The molecular weight excluding hydrogens is 264 g/mol. The summed E-state index contributed by atoms with van der Waals surface area (Å²) < 4.78 is 0. The Labute approximate surface area is 116 Å². The van der Waals surface area contributed by atoms with E-state index in [0.29, 0.717) is 0 Å². The molecule has 8 nitrogen and oxygen atoms in total. The highest BCUT2D eigenvalue weighted by molar-refractivity contribution is 6.07. The maximum absolute atomic E-state index is 11.7.